The Morgan fingerprint density at radius 1 is 1.86 bits per heavy atom. The van der Waals surface area contributed by atoms with Gasteiger partial charge in [-0.25, -0.2) is 4.98 Å². The Morgan fingerprint density at radius 3 is 3.14 bits per heavy atom. The molecule has 0 aliphatic rings. The number of ether oxygens (including phenoxy) is 1. The van der Waals surface area contributed by atoms with Gasteiger partial charge in [-0.1, -0.05) is 0 Å². The second-order valence-corrected chi connectivity index (χ2v) is 3.36. The van der Waals surface area contributed by atoms with Crippen LogP contribution in [-0.2, 0) is 9.53 Å². The van der Waals surface area contributed by atoms with E-state index in [1.54, 1.807) is 0 Å². The van der Waals surface area contributed by atoms with Gasteiger partial charge in [0.15, 0.2) is 0 Å². The molecule has 0 amide bonds. The molecule has 78 valence electrons. The Labute approximate surface area is 85.1 Å². The molecule has 1 heterocycles. The van der Waals surface area contributed by atoms with Crippen LogP contribution in [0.15, 0.2) is 6.33 Å². The van der Waals surface area contributed by atoms with Gasteiger partial charge in [-0.2, -0.15) is 4.37 Å². The van der Waals surface area contributed by atoms with Crippen molar-refractivity contribution in [2.24, 2.45) is 0 Å². The first-order valence-corrected chi connectivity index (χ1v) is 4.75. The van der Waals surface area contributed by atoms with Crippen LogP contribution in [0.5, 0.6) is 0 Å². The summed E-state index contributed by atoms with van der Waals surface area (Å²) in [5.74, 6) is -0.879. The number of nitrogens with one attached hydrogen (secondary N) is 1. The van der Waals surface area contributed by atoms with Gasteiger partial charge in [0, 0.05) is 25.2 Å². The minimum atomic E-state index is -0.879. The molecule has 1 unspecified atom stereocenters. The lowest BCUT2D eigenvalue weighted by Gasteiger charge is -2.12. The molecule has 14 heavy (non-hydrogen) atoms. The average molecular weight is 217 g/mol. The number of methoxy groups -OCH3 is 1. The zero-order valence-electron chi connectivity index (χ0n) is 7.64. The number of hydrogen-bond donors (Lipinski definition) is 2. The average Bonchev–Trinajstić information content (AvgIpc) is 2.64. The summed E-state index contributed by atoms with van der Waals surface area (Å²) in [5, 5.41) is 12.1. The molecule has 0 saturated heterocycles. The van der Waals surface area contributed by atoms with E-state index in [4.69, 9.17) is 9.84 Å². The maximum Gasteiger partial charge on any atom is 0.306 e. The summed E-state index contributed by atoms with van der Waals surface area (Å²) in [5.41, 5.74) is 0. The van der Waals surface area contributed by atoms with Crippen molar-refractivity contribution < 1.29 is 14.6 Å². The van der Waals surface area contributed by atoms with Crippen LogP contribution in [0.4, 0.5) is 5.13 Å². The van der Waals surface area contributed by atoms with Crippen molar-refractivity contribution in [2.75, 3.05) is 19.0 Å². The summed E-state index contributed by atoms with van der Waals surface area (Å²) in [7, 11) is 1.48. The van der Waals surface area contributed by atoms with Gasteiger partial charge in [0.25, 0.3) is 0 Å². The number of hydrogen-bond acceptors (Lipinski definition) is 6. The fraction of sp³-hybridized carbons (Fsp3) is 0.571. The summed E-state index contributed by atoms with van der Waals surface area (Å²) in [6, 6.07) is 0. The van der Waals surface area contributed by atoms with E-state index in [9.17, 15) is 4.79 Å². The summed E-state index contributed by atoms with van der Waals surface area (Å²) >= 11 is 1.22. The van der Waals surface area contributed by atoms with Gasteiger partial charge in [-0.3, -0.25) is 4.79 Å². The lowest BCUT2D eigenvalue weighted by molar-refractivity contribution is -0.139. The fourth-order valence-corrected chi connectivity index (χ4v) is 1.32. The van der Waals surface area contributed by atoms with Crippen molar-refractivity contribution in [2.45, 2.75) is 12.5 Å². The van der Waals surface area contributed by atoms with Gasteiger partial charge >= 0.3 is 5.97 Å². The molecule has 0 bridgehead atoms. The molecule has 0 radical (unpaired) electrons. The molecule has 1 aromatic heterocycles. The van der Waals surface area contributed by atoms with Crippen LogP contribution >= 0.6 is 11.5 Å². The van der Waals surface area contributed by atoms with E-state index in [0.29, 0.717) is 11.7 Å². The molecule has 2 N–H and O–H groups in total. The highest BCUT2D eigenvalue weighted by molar-refractivity contribution is 7.09. The van der Waals surface area contributed by atoms with E-state index in [-0.39, 0.29) is 12.5 Å². The van der Waals surface area contributed by atoms with Gasteiger partial charge in [-0.15, -0.1) is 0 Å². The first-order valence-electron chi connectivity index (χ1n) is 3.97. The third-order valence-corrected chi connectivity index (χ3v) is 2.20. The largest absolute Gasteiger partial charge is 0.481 e. The van der Waals surface area contributed by atoms with Crippen molar-refractivity contribution in [1.29, 1.82) is 0 Å². The summed E-state index contributed by atoms with van der Waals surface area (Å²) in [4.78, 5) is 14.3. The predicted molar refractivity (Wildman–Crippen MR) is 51.4 cm³/mol. The van der Waals surface area contributed by atoms with Crippen LogP contribution in [0.2, 0.25) is 0 Å². The summed E-state index contributed by atoms with van der Waals surface area (Å²) < 4.78 is 8.77. The Balaban J connectivity index is 2.30. The molecule has 1 atom stereocenters. The van der Waals surface area contributed by atoms with E-state index in [2.05, 4.69) is 14.7 Å². The number of carboxylic acids is 1. The smallest absolute Gasteiger partial charge is 0.306 e. The minimum Gasteiger partial charge on any atom is -0.481 e. The monoisotopic (exact) mass is 217 g/mol. The molecule has 1 aromatic rings. The number of aromatic nitrogens is 2. The van der Waals surface area contributed by atoms with Crippen molar-refractivity contribution >= 4 is 22.6 Å². The third kappa shape index (κ3) is 3.67. The van der Waals surface area contributed by atoms with Crippen molar-refractivity contribution in [1.82, 2.24) is 9.36 Å². The molecule has 0 aliphatic carbocycles. The van der Waals surface area contributed by atoms with Gasteiger partial charge in [-0.05, 0) is 0 Å². The van der Waals surface area contributed by atoms with Crippen molar-refractivity contribution in [3.8, 4) is 0 Å². The van der Waals surface area contributed by atoms with Crippen LogP contribution in [0.25, 0.3) is 0 Å². The van der Waals surface area contributed by atoms with Crippen LogP contribution in [0.3, 0.4) is 0 Å². The highest BCUT2D eigenvalue weighted by Gasteiger charge is 2.12. The van der Waals surface area contributed by atoms with E-state index >= 15 is 0 Å². The van der Waals surface area contributed by atoms with Gasteiger partial charge in [0.1, 0.15) is 6.33 Å². The Bertz CT molecular complexity index is 278. The maximum atomic E-state index is 10.4. The topological polar surface area (TPSA) is 84.3 Å². The first kappa shape index (κ1) is 10.9. The summed E-state index contributed by atoms with van der Waals surface area (Å²) in [6.45, 7) is 0.415. The van der Waals surface area contributed by atoms with Crippen molar-refractivity contribution in [3.63, 3.8) is 0 Å². The number of aliphatic carboxylic acids is 1. The quantitative estimate of drug-likeness (QED) is 0.719. The highest BCUT2D eigenvalue weighted by atomic mass is 32.1. The summed E-state index contributed by atoms with van der Waals surface area (Å²) in [6.07, 6.45) is 1.06. The Morgan fingerprint density at radius 2 is 2.64 bits per heavy atom. The molecular weight excluding hydrogens is 206 g/mol. The highest BCUT2D eigenvalue weighted by Crippen LogP contribution is 2.07. The molecule has 0 aliphatic heterocycles. The number of carbonyl (C=O) groups is 1. The molecule has 0 fully saturated rings. The lowest BCUT2D eigenvalue weighted by Crippen LogP contribution is -2.24. The third-order valence-electron chi connectivity index (χ3n) is 1.58. The molecule has 0 saturated carbocycles. The maximum absolute atomic E-state index is 10.4. The Kier molecular flexibility index (Phi) is 4.27. The van der Waals surface area contributed by atoms with Crippen LogP contribution in [0, 0.1) is 0 Å². The first-order chi connectivity index (χ1) is 6.72. The SMILES string of the molecule is COC(CNc1ncns1)CC(=O)O. The number of carboxylic acid groups (broad SMARTS) is 1. The normalized spacial score (nSPS) is 12.4. The fourth-order valence-electron chi connectivity index (χ4n) is 0.886. The van der Waals surface area contributed by atoms with Gasteiger partial charge in [0.2, 0.25) is 5.13 Å². The molecule has 7 heteroatoms. The van der Waals surface area contributed by atoms with Crippen LogP contribution in [-0.4, -0.2) is 40.2 Å². The predicted octanol–water partition coefficient (Wildman–Crippen LogP) is 0.440. The van der Waals surface area contributed by atoms with Crippen LogP contribution in [0.1, 0.15) is 6.42 Å². The number of anilines is 1. The number of rotatable bonds is 6. The second-order valence-electron chi connectivity index (χ2n) is 2.58. The number of nitrogens with zero attached hydrogens (tertiary/aromatic N) is 2. The van der Waals surface area contributed by atoms with Crippen molar-refractivity contribution in [3.05, 3.63) is 6.33 Å². The van der Waals surface area contributed by atoms with Gasteiger partial charge in [0.05, 0.1) is 12.5 Å². The Hall–Kier alpha value is -1.21. The molecule has 0 aromatic carbocycles. The van der Waals surface area contributed by atoms with E-state index in [1.807, 2.05) is 0 Å². The standard InChI is InChI=1S/C7H11N3O3S/c1-13-5(2-6(11)12)3-8-7-9-4-10-14-7/h4-5H,2-3H2,1H3,(H,11,12)(H,8,9,10). The minimum absolute atomic E-state index is 0.0255. The zero-order chi connectivity index (χ0) is 10.4. The molecular formula is C7H11N3O3S. The lowest BCUT2D eigenvalue weighted by atomic mass is 10.2. The van der Waals surface area contributed by atoms with E-state index in [1.165, 1.54) is 25.0 Å². The molecule has 0 spiro atoms. The molecule has 1 rings (SSSR count). The van der Waals surface area contributed by atoms with Crippen LogP contribution < -0.4 is 5.32 Å². The molecule has 6 nitrogen and oxygen atoms in total. The van der Waals surface area contributed by atoms with E-state index < -0.39 is 5.97 Å². The van der Waals surface area contributed by atoms with E-state index in [0.717, 1.165) is 0 Å². The zero-order valence-corrected chi connectivity index (χ0v) is 8.45. The van der Waals surface area contributed by atoms with Gasteiger partial charge < -0.3 is 15.2 Å². The second kappa shape index (κ2) is 5.51.